The molecule has 1 heterocycles. The van der Waals surface area contributed by atoms with Crippen LogP contribution in [0.15, 0.2) is 6.20 Å². The summed E-state index contributed by atoms with van der Waals surface area (Å²) in [6, 6.07) is 0. The number of rotatable bonds is 4. The zero-order chi connectivity index (χ0) is 10.7. The van der Waals surface area contributed by atoms with E-state index in [1.165, 1.54) is 10.9 Å². The van der Waals surface area contributed by atoms with E-state index in [1.807, 2.05) is 0 Å². The molecule has 0 aliphatic heterocycles. The molecule has 0 amide bonds. The van der Waals surface area contributed by atoms with Crippen molar-refractivity contribution < 1.29 is 10.2 Å². The Labute approximate surface area is 82.1 Å². The fourth-order valence-corrected chi connectivity index (χ4v) is 1.23. The van der Waals surface area contributed by atoms with Crippen LogP contribution in [0.1, 0.15) is 18.1 Å². The molecule has 2 atom stereocenters. The van der Waals surface area contributed by atoms with E-state index in [4.69, 9.17) is 11.5 Å². The van der Waals surface area contributed by atoms with Crippen molar-refractivity contribution in [3.05, 3.63) is 11.8 Å². The Kier molecular flexibility index (Phi) is 3.45. The summed E-state index contributed by atoms with van der Waals surface area (Å²) in [7, 11) is 1.67. The van der Waals surface area contributed by atoms with Crippen LogP contribution in [-0.2, 0) is 7.05 Å². The SMILES string of the molecule is Cn1ncc(C(O)C(O)CCN)c1N. The van der Waals surface area contributed by atoms with Gasteiger partial charge in [-0.25, -0.2) is 0 Å². The molecule has 0 aliphatic rings. The molecule has 80 valence electrons. The predicted molar refractivity (Wildman–Crippen MR) is 52.3 cm³/mol. The van der Waals surface area contributed by atoms with Crippen LogP contribution in [0, 0.1) is 0 Å². The van der Waals surface area contributed by atoms with Gasteiger partial charge >= 0.3 is 0 Å². The minimum Gasteiger partial charge on any atom is -0.390 e. The van der Waals surface area contributed by atoms with Gasteiger partial charge in [-0.05, 0) is 13.0 Å². The van der Waals surface area contributed by atoms with Gasteiger partial charge in [-0.3, -0.25) is 4.68 Å². The number of nitrogens with zero attached hydrogens (tertiary/aromatic N) is 2. The van der Waals surface area contributed by atoms with Crippen molar-refractivity contribution in [2.75, 3.05) is 12.3 Å². The van der Waals surface area contributed by atoms with Gasteiger partial charge in [0.05, 0.1) is 12.3 Å². The second kappa shape index (κ2) is 4.41. The van der Waals surface area contributed by atoms with Gasteiger partial charge in [0.15, 0.2) is 0 Å². The fraction of sp³-hybridized carbons (Fsp3) is 0.625. The van der Waals surface area contributed by atoms with E-state index >= 15 is 0 Å². The largest absolute Gasteiger partial charge is 0.390 e. The van der Waals surface area contributed by atoms with E-state index in [9.17, 15) is 10.2 Å². The molecule has 14 heavy (non-hydrogen) atoms. The smallest absolute Gasteiger partial charge is 0.127 e. The van der Waals surface area contributed by atoms with E-state index in [1.54, 1.807) is 7.05 Å². The van der Waals surface area contributed by atoms with Gasteiger partial charge in [0, 0.05) is 12.6 Å². The van der Waals surface area contributed by atoms with E-state index in [2.05, 4.69) is 5.10 Å². The highest BCUT2D eigenvalue weighted by molar-refractivity contribution is 5.40. The maximum absolute atomic E-state index is 9.68. The van der Waals surface area contributed by atoms with Gasteiger partial charge in [0.2, 0.25) is 0 Å². The van der Waals surface area contributed by atoms with Crippen LogP contribution in [0.2, 0.25) is 0 Å². The molecule has 6 heteroatoms. The molecule has 0 saturated heterocycles. The van der Waals surface area contributed by atoms with Gasteiger partial charge in [-0.1, -0.05) is 0 Å². The third-order valence-electron chi connectivity index (χ3n) is 2.16. The number of aromatic nitrogens is 2. The lowest BCUT2D eigenvalue weighted by atomic mass is 10.1. The van der Waals surface area contributed by atoms with Crippen molar-refractivity contribution in [1.29, 1.82) is 0 Å². The summed E-state index contributed by atoms with van der Waals surface area (Å²) in [6.45, 7) is 0.318. The van der Waals surface area contributed by atoms with Gasteiger partial charge in [0.1, 0.15) is 11.9 Å². The van der Waals surface area contributed by atoms with Crippen LogP contribution >= 0.6 is 0 Å². The Bertz CT molecular complexity index is 300. The molecule has 1 rings (SSSR count). The van der Waals surface area contributed by atoms with Crippen LogP contribution in [-0.4, -0.2) is 32.6 Å². The highest BCUT2D eigenvalue weighted by Crippen LogP contribution is 2.23. The van der Waals surface area contributed by atoms with Crippen molar-refractivity contribution in [3.63, 3.8) is 0 Å². The number of anilines is 1. The molecule has 0 radical (unpaired) electrons. The second-order valence-electron chi connectivity index (χ2n) is 3.20. The van der Waals surface area contributed by atoms with Crippen molar-refractivity contribution in [2.24, 2.45) is 12.8 Å². The number of hydrogen-bond donors (Lipinski definition) is 4. The van der Waals surface area contributed by atoms with Crippen molar-refractivity contribution in [3.8, 4) is 0 Å². The topological polar surface area (TPSA) is 110 Å². The second-order valence-corrected chi connectivity index (χ2v) is 3.20. The lowest BCUT2D eigenvalue weighted by Crippen LogP contribution is -2.22. The Morgan fingerprint density at radius 2 is 2.21 bits per heavy atom. The molecule has 0 aromatic carbocycles. The zero-order valence-corrected chi connectivity index (χ0v) is 8.09. The number of aliphatic hydroxyl groups is 2. The summed E-state index contributed by atoms with van der Waals surface area (Å²) >= 11 is 0. The quantitative estimate of drug-likeness (QED) is 0.485. The first-order valence-corrected chi connectivity index (χ1v) is 4.41. The lowest BCUT2D eigenvalue weighted by Gasteiger charge is -2.16. The van der Waals surface area contributed by atoms with E-state index in [0.717, 1.165) is 0 Å². The normalized spacial score (nSPS) is 15.4. The fourth-order valence-electron chi connectivity index (χ4n) is 1.23. The standard InChI is InChI=1S/C8H16N4O2/c1-12-8(10)5(4-11-12)7(14)6(13)2-3-9/h4,6-7,13-14H,2-3,9-10H2,1H3. The van der Waals surface area contributed by atoms with Crippen LogP contribution < -0.4 is 11.5 Å². The first kappa shape index (κ1) is 11.0. The first-order valence-electron chi connectivity index (χ1n) is 4.41. The monoisotopic (exact) mass is 200 g/mol. The summed E-state index contributed by atoms with van der Waals surface area (Å²) in [6.07, 6.45) is -0.145. The molecule has 0 fully saturated rings. The van der Waals surface area contributed by atoms with Gasteiger partial charge < -0.3 is 21.7 Å². The minimum absolute atomic E-state index is 0.318. The molecular formula is C8H16N4O2. The lowest BCUT2D eigenvalue weighted by molar-refractivity contribution is 0.0154. The highest BCUT2D eigenvalue weighted by Gasteiger charge is 2.21. The van der Waals surface area contributed by atoms with E-state index < -0.39 is 12.2 Å². The third kappa shape index (κ3) is 2.03. The zero-order valence-electron chi connectivity index (χ0n) is 8.09. The van der Waals surface area contributed by atoms with Crippen molar-refractivity contribution >= 4 is 5.82 Å². The van der Waals surface area contributed by atoms with Crippen LogP contribution in [0.25, 0.3) is 0 Å². The Morgan fingerprint density at radius 3 is 2.64 bits per heavy atom. The third-order valence-corrected chi connectivity index (χ3v) is 2.16. The molecule has 1 aromatic heterocycles. The Balaban J connectivity index is 2.78. The number of nitrogens with two attached hydrogens (primary N) is 2. The number of hydrogen-bond acceptors (Lipinski definition) is 5. The Hall–Kier alpha value is -1.11. The molecule has 0 aliphatic carbocycles. The maximum atomic E-state index is 9.68. The van der Waals surface area contributed by atoms with Crippen LogP contribution in [0.5, 0.6) is 0 Å². The molecule has 6 N–H and O–H groups in total. The number of aliphatic hydroxyl groups excluding tert-OH is 2. The van der Waals surface area contributed by atoms with Crippen molar-refractivity contribution in [1.82, 2.24) is 9.78 Å². The Morgan fingerprint density at radius 1 is 1.57 bits per heavy atom. The number of aryl methyl sites for hydroxylation is 1. The summed E-state index contributed by atoms with van der Waals surface area (Å²) in [5.41, 5.74) is 11.3. The van der Waals surface area contributed by atoms with Crippen molar-refractivity contribution in [2.45, 2.75) is 18.6 Å². The first-order chi connectivity index (χ1) is 6.57. The summed E-state index contributed by atoms with van der Waals surface area (Å²) in [4.78, 5) is 0. The molecular weight excluding hydrogens is 184 g/mol. The summed E-state index contributed by atoms with van der Waals surface area (Å²) < 4.78 is 1.44. The average molecular weight is 200 g/mol. The van der Waals surface area contributed by atoms with E-state index in [-0.39, 0.29) is 0 Å². The van der Waals surface area contributed by atoms with Crippen LogP contribution in [0.4, 0.5) is 5.82 Å². The molecule has 6 nitrogen and oxygen atoms in total. The molecule has 2 unspecified atom stereocenters. The number of nitrogen functional groups attached to an aromatic ring is 1. The maximum Gasteiger partial charge on any atom is 0.127 e. The van der Waals surface area contributed by atoms with Gasteiger partial charge in [0.25, 0.3) is 0 Å². The summed E-state index contributed by atoms with van der Waals surface area (Å²) in [5, 5.41) is 23.0. The predicted octanol–water partition coefficient (Wildman–Crippen LogP) is -1.25. The van der Waals surface area contributed by atoms with Crippen LogP contribution in [0.3, 0.4) is 0 Å². The highest BCUT2D eigenvalue weighted by atomic mass is 16.3. The molecule has 1 aromatic rings. The van der Waals surface area contributed by atoms with Gasteiger partial charge in [-0.15, -0.1) is 0 Å². The summed E-state index contributed by atoms with van der Waals surface area (Å²) in [5.74, 6) is 0.355. The van der Waals surface area contributed by atoms with Gasteiger partial charge in [-0.2, -0.15) is 5.10 Å². The molecule has 0 spiro atoms. The minimum atomic E-state index is -1.02. The van der Waals surface area contributed by atoms with E-state index in [0.29, 0.717) is 24.3 Å². The molecule has 0 saturated carbocycles. The average Bonchev–Trinajstić information content (AvgIpc) is 2.47. The molecule has 0 bridgehead atoms.